The van der Waals surface area contributed by atoms with Crippen LogP contribution in [0.4, 0.5) is 0 Å². The van der Waals surface area contributed by atoms with Crippen LogP contribution in [0.3, 0.4) is 0 Å². The number of aryl methyl sites for hydroxylation is 1. The Morgan fingerprint density at radius 2 is 2.29 bits per heavy atom. The van der Waals surface area contributed by atoms with Crippen LogP contribution in [0, 0.1) is 5.92 Å². The third kappa shape index (κ3) is 3.92. The van der Waals surface area contributed by atoms with Crippen molar-refractivity contribution in [3.8, 4) is 0 Å². The second-order valence-electron chi connectivity index (χ2n) is 4.13. The van der Waals surface area contributed by atoms with Gasteiger partial charge in [0.15, 0.2) is 0 Å². The molecule has 14 heavy (non-hydrogen) atoms. The van der Waals surface area contributed by atoms with Crippen LogP contribution in [-0.4, -0.2) is 16.1 Å². The predicted octanol–water partition coefficient (Wildman–Crippen LogP) is 2.04. The Morgan fingerprint density at radius 1 is 1.50 bits per heavy atom. The Bertz CT molecular complexity index is 253. The van der Waals surface area contributed by atoms with E-state index in [2.05, 4.69) is 41.8 Å². The highest BCUT2D eigenvalue weighted by atomic mass is 15.0. The molecule has 0 atom stereocenters. The number of nitrogens with zero attached hydrogens (tertiary/aromatic N) is 2. The fourth-order valence-electron chi connectivity index (χ4n) is 1.37. The quantitative estimate of drug-likeness (QED) is 0.752. The molecule has 0 fully saturated rings. The summed E-state index contributed by atoms with van der Waals surface area (Å²) in [7, 11) is 0. The van der Waals surface area contributed by atoms with Gasteiger partial charge in [-0.05, 0) is 18.9 Å². The van der Waals surface area contributed by atoms with Crippen LogP contribution in [0.2, 0.25) is 0 Å². The second-order valence-corrected chi connectivity index (χ2v) is 4.13. The Kier molecular flexibility index (Phi) is 4.66. The molecule has 0 radical (unpaired) electrons. The van der Waals surface area contributed by atoms with E-state index < -0.39 is 0 Å². The summed E-state index contributed by atoms with van der Waals surface area (Å²) in [5, 5.41) is 3.38. The highest BCUT2D eigenvalue weighted by Gasteiger charge is 1.98. The summed E-state index contributed by atoms with van der Waals surface area (Å²) in [6, 6.07) is 0. The molecule has 0 amide bonds. The van der Waals surface area contributed by atoms with Crippen LogP contribution in [0.5, 0.6) is 0 Å². The van der Waals surface area contributed by atoms with Gasteiger partial charge in [0.05, 0.1) is 12.0 Å². The van der Waals surface area contributed by atoms with Crippen molar-refractivity contribution >= 4 is 0 Å². The van der Waals surface area contributed by atoms with Gasteiger partial charge in [-0.2, -0.15) is 0 Å². The average Bonchev–Trinajstić information content (AvgIpc) is 2.53. The third-order valence-corrected chi connectivity index (χ3v) is 2.03. The fraction of sp³-hybridized carbons (Fsp3) is 0.727. The predicted molar refractivity (Wildman–Crippen MR) is 59.1 cm³/mol. The number of hydrogen-bond acceptors (Lipinski definition) is 2. The lowest BCUT2D eigenvalue weighted by molar-refractivity contribution is 0.548. The Balaban J connectivity index is 2.28. The molecule has 1 heterocycles. The van der Waals surface area contributed by atoms with Gasteiger partial charge in [0, 0.05) is 19.3 Å². The summed E-state index contributed by atoms with van der Waals surface area (Å²) in [6.45, 7) is 9.61. The monoisotopic (exact) mass is 195 g/mol. The van der Waals surface area contributed by atoms with E-state index in [1.807, 2.05) is 6.33 Å². The lowest BCUT2D eigenvalue weighted by atomic mass is 10.2. The largest absolute Gasteiger partial charge is 0.337 e. The number of rotatable bonds is 6. The number of aromatic nitrogens is 2. The molecule has 3 heteroatoms. The van der Waals surface area contributed by atoms with E-state index in [4.69, 9.17) is 0 Å². The van der Waals surface area contributed by atoms with Crippen molar-refractivity contribution in [1.29, 1.82) is 0 Å². The smallest absolute Gasteiger partial charge is 0.0949 e. The van der Waals surface area contributed by atoms with Crippen molar-refractivity contribution in [1.82, 2.24) is 14.9 Å². The number of nitrogens with one attached hydrogen (secondary N) is 1. The van der Waals surface area contributed by atoms with Crippen molar-refractivity contribution in [2.75, 3.05) is 6.54 Å². The molecule has 1 aromatic rings. The van der Waals surface area contributed by atoms with Crippen LogP contribution in [0.15, 0.2) is 12.5 Å². The van der Waals surface area contributed by atoms with Crippen molar-refractivity contribution < 1.29 is 0 Å². The maximum atomic E-state index is 4.33. The zero-order chi connectivity index (χ0) is 10.4. The van der Waals surface area contributed by atoms with Crippen LogP contribution in [-0.2, 0) is 13.1 Å². The molecule has 1 N–H and O–H groups in total. The number of hydrogen-bond donors (Lipinski definition) is 1. The highest BCUT2D eigenvalue weighted by molar-refractivity contribution is 4.95. The first-order chi connectivity index (χ1) is 6.72. The molecule has 1 aromatic heterocycles. The molecule has 0 aromatic carbocycles. The Labute approximate surface area is 86.5 Å². The van der Waals surface area contributed by atoms with Gasteiger partial charge < -0.3 is 9.88 Å². The van der Waals surface area contributed by atoms with E-state index in [9.17, 15) is 0 Å². The average molecular weight is 195 g/mol. The van der Waals surface area contributed by atoms with E-state index >= 15 is 0 Å². The fourth-order valence-corrected chi connectivity index (χ4v) is 1.37. The number of imidazole rings is 1. The normalized spacial score (nSPS) is 11.1. The van der Waals surface area contributed by atoms with Gasteiger partial charge in [0.1, 0.15) is 0 Å². The molecule has 0 spiro atoms. The second kappa shape index (κ2) is 5.81. The van der Waals surface area contributed by atoms with E-state index in [0.29, 0.717) is 5.92 Å². The SMILES string of the molecule is CCCn1cnc(CNCC(C)C)c1. The van der Waals surface area contributed by atoms with Gasteiger partial charge in [0.25, 0.3) is 0 Å². The van der Waals surface area contributed by atoms with Gasteiger partial charge in [-0.15, -0.1) is 0 Å². The van der Waals surface area contributed by atoms with Crippen LogP contribution < -0.4 is 5.32 Å². The topological polar surface area (TPSA) is 29.9 Å². The van der Waals surface area contributed by atoms with Crippen LogP contribution >= 0.6 is 0 Å². The molecular weight excluding hydrogens is 174 g/mol. The summed E-state index contributed by atoms with van der Waals surface area (Å²) >= 11 is 0. The van der Waals surface area contributed by atoms with Crippen molar-refractivity contribution in [2.45, 2.75) is 40.3 Å². The maximum absolute atomic E-state index is 4.33. The first kappa shape index (κ1) is 11.2. The summed E-state index contributed by atoms with van der Waals surface area (Å²) in [6.07, 6.45) is 5.20. The molecule has 0 bridgehead atoms. The van der Waals surface area contributed by atoms with E-state index in [1.165, 1.54) is 0 Å². The summed E-state index contributed by atoms with van der Waals surface area (Å²) < 4.78 is 2.15. The molecule has 80 valence electrons. The molecule has 0 aliphatic rings. The first-order valence-corrected chi connectivity index (χ1v) is 5.43. The molecule has 3 nitrogen and oxygen atoms in total. The van der Waals surface area contributed by atoms with Gasteiger partial charge in [0.2, 0.25) is 0 Å². The summed E-state index contributed by atoms with van der Waals surface area (Å²) in [5.41, 5.74) is 1.14. The molecule has 0 aliphatic heterocycles. The van der Waals surface area contributed by atoms with Gasteiger partial charge in [-0.1, -0.05) is 20.8 Å². The van der Waals surface area contributed by atoms with E-state index in [1.54, 1.807) is 0 Å². The van der Waals surface area contributed by atoms with Gasteiger partial charge >= 0.3 is 0 Å². The molecule has 1 rings (SSSR count). The third-order valence-electron chi connectivity index (χ3n) is 2.03. The molecule has 0 saturated heterocycles. The minimum atomic E-state index is 0.702. The van der Waals surface area contributed by atoms with Gasteiger partial charge in [-0.3, -0.25) is 0 Å². The lowest BCUT2D eigenvalue weighted by Crippen LogP contribution is -2.19. The summed E-state index contributed by atoms with van der Waals surface area (Å²) in [4.78, 5) is 4.33. The standard InChI is InChI=1S/C11H21N3/c1-4-5-14-8-11(13-9-14)7-12-6-10(2)3/h8-10,12H,4-7H2,1-3H3. The van der Waals surface area contributed by atoms with Crippen LogP contribution in [0.25, 0.3) is 0 Å². The minimum absolute atomic E-state index is 0.702. The van der Waals surface area contributed by atoms with Crippen molar-refractivity contribution in [3.05, 3.63) is 18.2 Å². The molecule has 0 unspecified atom stereocenters. The Hall–Kier alpha value is -0.830. The first-order valence-electron chi connectivity index (χ1n) is 5.43. The Morgan fingerprint density at radius 3 is 2.93 bits per heavy atom. The van der Waals surface area contributed by atoms with Crippen molar-refractivity contribution in [2.24, 2.45) is 5.92 Å². The van der Waals surface area contributed by atoms with Crippen LogP contribution in [0.1, 0.15) is 32.9 Å². The lowest BCUT2D eigenvalue weighted by Gasteiger charge is -2.04. The van der Waals surface area contributed by atoms with E-state index in [-0.39, 0.29) is 0 Å². The maximum Gasteiger partial charge on any atom is 0.0949 e. The summed E-state index contributed by atoms with van der Waals surface area (Å²) in [5.74, 6) is 0.702. The van der Waals surface area contributed by atoms with Crippen molar-refractivity contribution in [3.63, 3.8) is 0 Å². The molecule has 0 saturated carbocycles. The molecular formula is C11H21N3. The molecule has 0 aliphatic carbocycles. The zero-order valence-corrected chi connectivity index (χ0v) is 9.45. The van der Waals surface area contributed by atoms with E-state index in [0.717, 1.165) is 31.7 Å². The van der Waals surface area contributed by atoms with Gasteiger partial charge in [-0.25, -0.2) is 4.98 Å². The highest BCUT2D eigenvalue weighted by Crippen LogP contribution is 1.97. The zero-order valence-electron chi connectivity index (χ0n) is 9.45. The minimum Gasteiger partial charge on any atom is -0.337 e.